The van der Waals surface area contributed by atoms with Crippen molar-refractivity contribution < 1.29 is 53.1 Å². The summed E-state index contributed by atoms with van der Waals surface area (Å²) in [4.78, 5) is 141. The lowest BCUT2D eigenvalue weighted by Crippen LogP contribution is -2.61. The third-order valence-electron chi connectivity index (χ3n) is 12.2. The van der Waals surface area contributed by atoms with Crippen molar-refractivity contribution in [2.24, 2.45) is 39.9 Å². The zero-order valence-electron chi connectivity index (χ0n) is 44.5. The number of H-pyrrole nitrogens is 1. The van der Waals surface area contributed by atoms with Gasteiger partial charge in [-0.1, -0.05) is 90.1 Å². The van der Waals surface area contributed by atoms with E-state index in [0.29, 0.717) is 11.1 Å². The van der Waals surface area contributed by atoms with Gasteiger partial charge in [0.15, 0.2) is 5.96 Å². The monoisotopic (exact) mass is 1060 g/mol. The molecular formula is C52H77N13O11. The van der Waals surface area contributed by atoms with Gasteiger partial charge in [-0.2, -0.15) is 0 Å². The summed E-state index contributed by atoms with van der Waals surface area (Å²) in [5.74, 6) is -9.41. The number of primary amides is 1. The smallest absolute Gasteiger partial charge is 0.326 e. The van der Waals surface area contributed by atoms with Gasteiger partial charge in [-0.15, -0.1) is 0 Å². The normalized spacial score (nSPS) is 14.4. The number of carbonyl (C=O) groups excluding carboxylic acids is 9. The Kier molecular flexibility index (Phi) is 24.9. The van der Waals surface area contributed by atoms with E-state index in [1.165, 1.54) is 13.8 Å². The van der Waals surface area contributed by atoms with Gasteiger partial charge in [0.2, 0.25) is 53.2 Å². The second-order valence-electron chi connectivity index (χ2n) is 19.9. The van der Waals surface area contributed by atoms with Gasteiger partial charge in [0.05, 0.1) is 0 Å². The van der Waals surface area contributed by atoms with E-state index >= 15 is 0 Å². The van der Waals surface area contributed by atoms with Crippen molar-refractivity contribution >= 4 is 76.0 Å². The lowest BCUT2D eigenvalue weighted by molar-refractivity contribution is -0.142. The Labute approximate surface area is 442 Å². The minimum Gasteiger partial charge on any atom is -0.480 e. The van der Waals surface area contributed by atoms with Gasteiger partial charge in [0, 0.05) is 49.8 Å². The molecule has 0 aliphatic carbocycles. The summed E-state index contributed by atoms with van der Waals surface area (Å²) in [5.41, 5.74) is 18.4. The first-order valence-electron chi connectivity index (χ1n) is 25.3. The molecule has 0 bridgehead atoms. The van der Waals surface area contributed by atoms with Crippen LogP contribution in [0.25, 0.3) is 10.9 Å². The Morgan fingerprint density at radius 2 is 1.08 bits per heavy atom. The average Bonchev–Trinajstić information content (AvgIpc) is 3.75. The summed E-state index contributed by atoms with van der Waals surface area (Å²) >= 11 is 0. The predicted octanol–water partition coefficient (Wildman–Crippen LogP) is -0.367. The number of guanidine groups is 1. The molecule has 3 aromatic rings. The van der Waals surface area contributed by atoms with Gasteiger partial charge in [-0.05, 0) is 67.6 Å². The second kappa shape index (κ2) is 30.4. The number of carboxylic acids is 1. The fourth-order valence-corrected chi connectivity index (χ4v) is 8.10. The molecular weight excluding hydrogens is 983 g/mol. The summed E-state index contributed by atoms with van der Waals surface area (Å²) in [6.45, 7) is 13.1. The number of fused-ring (bicyclic) bond motifs is 1. The number of carbonyl (C=O) groups is 10. The first kappa shape index (κ1) is 62.2. The third-order valence-corrected chi connectivity index (χ3v) is 12.2. The molecule has 1 aromatic heterocycles. The molecule has 8 atom stereocenters. The molecule has 0 radical (unpaired) electrons. The molecule has 0 spiro atoms. The number of nitrogens with zero attached hydrogens (tertiary/aromatic N) is 1. The fourth-order valence-electron chi connectivity index (χ4n) is 8.10. The number of hydrogen-bond donors (Lipinski definition) is 13. The molecule has 1 heterocycles. The fraction of sp³-hybridized carbons (Fsp3) is 0.519. The molecule has 16 N–H and O–H groups in total. The Morgan fingerprint density at radius 3 is 1.64 bits per heavy atom. The van der Waals surface area contributed by atoms with E-state index in [1.807, 2.05) is 12.1 Å². The van der Waals surface area contributed by atoms with E-state index in [2.05, 4.69) is 52.5 Å². The SMILES string of the molecule is CC(=O)N[C@H](C(=O)N[C@@H](C)C(=O)N[C@H](C(=O)N[C@@H](CC(C)C)C(=O)N[C@@H](Cc1ccccc1)C(=O)N[C@@H](CCC(N)=O)C(=O)N[C@@H](CCCN=C(N)N)C(=O)N[C@@H](Cc1c[nH]c2ccccc12)C(=O)O)C(C)C)C(C)C. The van der Waals surface area contributed by atoms with Crippen LogP contribution in [0.5, 0.6) is 0 Å². The number of benzene rings is 2. The quantitative estimate of drug-likeness (QED) is 0.0223. The number of rotatable bonds is 31. The molecule has 2 aromatic carbocycles. The standard InChI is InChI=1S/C52H77N13O11/c1-27(2)23-38(63-50(74)43(29(5)6)65-44(68)30(7)58-49(73)42(28(3)4)59-31(8)66)47(71)62-39(24-32-15-10-9-11-16-32)48(72)61-37(20-21-41(53)67)46(70)60-36(19-14-22-56-52(54)55)45(69)64-40(51(75)76)25-33-26-57-35-18-13-12-17-34(33)35/h9-13,15-18,26-30,36-40,42-43,57H,14,19-25H2,1-8H3,(H2,53,67)(H,58,73)(H,59,66)(H,60,70)(H,61,72)(H,62,71)(H,63,74)(H,64,69)(H,65,68)(H,75,76)(H4,54,55,56)/t30-,36-,37-,38-,39-,40-,42-,43-/m0/s1. The maximum Gasteiger partial charge on any atom is 0.326 e. The highest BCUT2D eigenvalue weighted by atomic mass is 16.4. The van der Waals surface area contributed by atoms with Crippen LogP contribution in [0.1, 0.15) is 98.6 Å². The Hall–Kier alpha value is -8.05. The molecule has 0 saturated carbocycles. The van der Waals surface area contributed by atoms with Crippen LogP contribution in [-0.4, -0.2) is 130 Å². The Morgan fingerprint density at radius 1 is 0.566 bits per heavy atom. The van der Waals surface area contributed by atoms with Crippen LogP contribution in [0, 0.1) is 17.8 Å². The highest BCUT2D eigenvalue weighted by Gasteiger charge is 2.36. The largest absolute Gasteiger partial charge is 0.480 e. The van der Waals surface area contributed by atoms with Crippen molar-refractivity contribution in [2.75, 3.05) is 6.54 Å². The molecule has 24 nitrogen and oxygen atoms in total. The van der Waals surface area contributed by atoms with Gasteiger partial charge < -0.3 is 69.8 Å². The number of hydrogen-bond acceptors (Lipinski definition) is 11. The molecule has 416 valence electrons. The van der Waals surface area contributed by atoms with Crippen LogP contribution in [0.3, 0.4) is 0 Å². The number of carboxylic acid groups (broad SMARTS) is 1. The summed E-state index contributed by atoms with van der Waals surface area (Å²) in [6.07, 6.45) is 0.738. The highest BCUT2D eigenvalue weighted by Crippen LogP contribution is 2.20. The number of aliphatic imine (C=N–C) groups is 1. The zero-order valence-corrected chi connectivity index (χ0v) is 44.5. The summed E-state index contributed by atoms with van der Waals surface area (Å²) in [5, 5.41) is 31.9. The van der Waals surface area contributed by atoms with Gasteiger partial charge >= 0.3 is 5.97 Å². The van der Waals surface area contributed by atoms with E-state index in [-0.39, 0.29) is 62.9 Å². The van der Waals surface area contributed by atoms with E-state index in [0.717, 1.165) is 10.9 Å². The van der Waals surface area contributed by atoms with E-state index in [1.54, 1.807) is 90.2 Å². The molecule has 24 heteroatoms. The summed E-state index contributed by atoms with van der Waals surface area (Å²) in [7, 11) is 0. The van der Waals surface area contributed by atoms with Gasteiger partial charge in [-0.25, -0.2) is 4.79 Å². The van der Waals surface area contributed by atoms with E-state index in [4.69, 9.17) is 17.2 Å². The molecule has 0 aliphatic rings. The Balaban J connectivity index is 1.90. The van der Waals surface area contributed by atoms with Gasteiger partial charge in [0.1, 0.15) is 48.3 Å². The van der Waals surface area contributed by atoms with Crippen molar-refractivity contribution in [3.63, 3.8) is 0 Å². The third kappa shape index (κ3) is 20.7. The summed E-state index contributed by atoms with van der Waals surface area (Å²) < 4.78 is 0. The number of para-hydroxylation sites is 1. The molecule has 3 rings (SSSR count). The first-order chi connectivity index (χ1) is 35.8. The lowest BCUT2D eigenvalue weighted by atomic mass is 9.98. The number of aliphatic carboxylic acids is 1. The molecule has 0 saturated heterocycles. The average molecular weight is 1060 g/mol. The van der Waals surface area contributed by atoms with E-state index < -0.39 is 120 Å². The van der Waals surface area contributed by atoms with Crippen molar-refractivity contribution in [1.82, 2.24) is 47.5 Å². The van der Waals surface area contributed by atoms with Gasteiger partial charge in [-0.3, -0.25) is 48.1 Å². The molecule has 9 amide bonds. The van der Waals surface area contributed by atoms with Crippen LogP contribution in [0.4, 0.5) is 0 Å². The number of aromatic amines is 1. The zero-order chi connectivity index (χ0) is 56.8. The number of aromatic nitrogens is 1. The van der Waals surface area contributed by atoms with Crippen molar-refractivity contribution in [1.29, 1.82) is 0 Å². The maximum atomic E-state index is 14.5. The number of amides is 9. The van der Waals surface area contributed by atoms with E-state index in [9.17, 15) is 53.1 Å². The van der Waals surface area contributed by atoms with Crippen LogP contribution in [-0.2, 0) is 60.8 Å². The van der Waals surface area contributed by atoms with Gasteiger partial charge in [0.25, 0.3) is 0 Å². The number of nitrogens with one attached hydrogen (secondary N) is 9. The minimum absolute atomic E-state index is 0.0350. The molecule has 0 unspecified atom stereocenters. The predicted molar refractivity (Wildman–Crippen MR) is 284 cm³/mol. The van der Waals surface area contributed by atoms with Crippen molar-refractivity contribution in [3.05, 3.63) is 71.9 Å². The Bertz CT molecular complexity index is 2530. The lowest BCUT2D eigenvalue weighted by Gasteiger charge is -2.29. The van der Waals surface area contributed by atoms with Crippen LogP contribution >= 0.6 is 0 Å². The number of nitrogens with two attached hydrogens (primary N) is 3. The molecule has 0 fully saturated rings. The van der Waals surface area contributed by atoms with Crippen LogP contribution < -0.4 is 59.7 Å². The molecule has 0 aliphatic heterocycles. The topological polar surface area (TPSA) is 393 Å². The van der Waals surface area contributed by atoms with Crippen molar-refractivity contribution in [2.45, 2.75) is 149 Å². The van der Waals surface area contributed by atoms with Crippen LogP contribution in [0.15, 0.2) is 65.8 Å². The first-order valence-corrected chi connectivity index (χ1v) is 25.3. The summed E-state index contributed by atoms with van der Waals surface area (Å²) in [6, 6.07) is 5.44. The second-order valence-corrected chi connectivity index (χ2v) is 19.9. The maximum absolute atomic E-state index is 14.5. The minimum atomic E-state index is -1.54. The van der Waals surface area contributed by atoms with Crippen molar-refractivity contribution in [3.8, 4) is 0 Å². The molecule has 76 heavy (non-hydrogen) atoms. The van der Waals surface area contributed by atoms with Crippen LogP contribution in [0.2, 0.25) is 0 Å². The highest BCUT2D eigenvalue weighted by molar-refractivity contribution is 5.98.